The van der Waals surface area contributed by atoms with E-state index in [1.165, 1.54) is 29.1 Å². The van der Waals surface area contributed by atoms with E-state index in [2.05, 4.69) is 4.98 Å². The Morgan fingerprint density at radius 2 is 2.10 bits per heavy atom. The van der Waals surface area contributed by atoms with Crippen molar-refractivity contribution in [1.82, 2.24) is 9.55 Å². The van der Waals surface area contributed by atoms with Crippen LogP contribution in [0.15, 0.2) is 29.3 Å². The van der Waals surface area contributed by atoms with Gasteiger partial charge >= 0.3 is 0 Å². The lowest BCUT2D eigenvalue weighted by molar-refractivity contribution is -0.385. The highest BCUT2D eigenvalue weighted by molar-refractivity contribution is 14.1. The minimum Gasteiger partial charge on any atom is -0.293 e. The molecule has 6 nitrogen and oxygen atoms in total. The van der Waals surface area contributed by atoms with Gasteiger partial charge in [0, 0.05) is 6.07 Å². The molecular formula is C11H6Cl2IN3O3. The fourth-order valence-electron chi connectivity index (χ4n) is 1.60. The standard InChI is InChI=1S/C11H6Cl2IN3O3/c12-7-2-1-3-8(17(19)20)6(7)4-16-5-15-10(13)9(14)11(16)18/h1-3,5H,4H2. The molecule has 0 bridgehead atoms. The molecule has 104 valence electrons. The Bertz CT molecular complexity index is 748. The zero-order valence-electron chi connectivity index (χ0n) is 9.72. The monoisotopic (exact) mass is 425 g/mol. The molecule has 9 heteroatoms. The van der Waals surface area contributed by atoms with Crippen LogP contribution in [0.1, 0.15) is 5.56 Å². The van der Waals surface area contributed by atoms with Crippen molar-refractivity contribution in [3.8, 4) is 0 Å². The Kier molecular flexibility index (Phi) is 4.61. The summed E-state index contributed by atoms with van der Waals surface area (Å²) in [4.78, 5) is 26.3. The third-order valence-corrected chi connectivity index (χ3v) is 4.49. The van der Waals surface area contributed by atoms with E-state index in [4.69, 9.17) is 23.2 Å². The highest BCUT2D eigenvalue weighted by atomic mass is 127. The number of rotatable bonds is 3. The molecule has 0 fully saturated rings. The van der Waals surface area contributed by atoms with Crippen LogP contribution in [0.3, 0.4) is 0 Å². The van der Waals surface area contributed by atoms with Crippen LogP contribution in [0.25, 0.3) is 0 Å². The number of hydrogen-bond acceptors (Lipinski definition) is 4. The van der Waals surface area contributed by atoms with Crippen molar-refractivity contribution >= 4 is 51.5 Å². The number of nitro benzene ring substituents is 1. The second-order valence-electron chi connectivity index (χ2n) is 3.78. The van der Waals surface area contributed by atoms with Crippen LogP contribution in [0.5, 0.6) is 0 Å². The van der Waals surface area contributed by atoms with Gasteiger partial charge in [0.2, 0.25) is 0 Å². The lowest BCUT2D eigenvalue weighted by Crippen LogP contribution is -2.24. The predicted octanol–water partition coefficient (Wildman–Crippen LogP) is 3.11. The lowest BCUT2D eigenvalue weighted by atomic mass is 10.2. The molecule has 0 unspecified atom stereocenters. The van der Waals surface area contributed by atoms with E-state index in [-0.39, 0.29) is 37.1 Å². The molecule has 0 amide bonds. The third-order valence-electron chi connectivity index (χ3n) is 2.56. The number of benzene rings is 1. The largest absolute Gasteiger partial charge is 0.293 e. The molecule has 20 heavy (non-hydrogen) atoms. The first kappa shape index (κ1) is 15.2. The van der Waals surface area contributed by atoms with Crippen LogP contribution in [0.2, 0.25) is 10.2 Å². The van der Waals surface area contributed by atoms with Crippen LogP contribution in [-0.4, -0.2) is 14.5 Å². The molecule has 2 aromatic rings. The van der Waals surface area contributed by atoms with E-state index in [1.807, 2.05) is 0 Å². The highest BCUT2D eigenvalue weighted by Crippen LogP contribution is 2.26. The number of halogens is 3. The van der Waals surface area contributed by atoms with Crippen molar-refractivity contribution in [2.75, 3.05) is 0 Å². The van der Waals surface area contributed by atoms with E-state index < -0.39 is 4.92 Å². The normalized spacial score (nSPS) is 10.6. The molecule has 0 aliphatic heterocycles. The van der Waals surface area contributed by atoms with Crippen molar-refractivity contribution < 1.29 is 4.92 Å². The maximum absolute atomic E-state index is 12.0. The average Bonchev–Trinajstić information content (AvgIpc) is 2.41. The quantitative estimate of drug-likeness (QED) is 0.327. The summed E-state index contributed by atoms with van der Waals surface area (Å²) in [5.74, 6) is 0. The highest BCUT2D eigenvalue weighted by Gasteiger charge is 2.18. The molecule has 0 radical (unpaired) electrons. The molecular weight excluding hydrogens is 420 g/mol. The summed E-state index contributed by atoms with van der Waals surface area (Å²) in [6, 6.07) is 4.35. The second kappa shape index (κ2) is 6.06. The summed E-state index contributed by atoms with van der Waals surface area (Å²) < 4.78 is 1.48. The Morgan fingerprint density at radius 1 is 1.40 bits per heavy atom. The first-order chi connectivity index (χ1) is 9.41. The summed E-state index contributed by atoms with van der Waals surface area (Å²) >= 11 is 13.5. The zero-order valence-corrected chi connectivity index (χ0v) is 13.4. The molecule has 2 rings (SSSR count). The van der Waals surface area contributed by atoms with Gasteiger partial charge in [-0.25, -0.2) is 4.98 Å². The molecule has 0 saturated heterocycles. The molecule has 0 saturated carbocycles. The Hall–Kier alpha value is -1.19. The predicted molar refractivity (Wildman–Crippen MR) is 83.4 cm³/mol. The topological polar surface area (TPSA) is 78.0 Å². The number of nitro groups is 1. The van der Waals surface area contributed by atoms with Crippen LogP contribution in [-0.2, 0) is 6.54 Å². The van der Waals surface area contributed by atoms with Gasteiger partial charge in [-0.3, -0.25) is 19.5 Å². The molecule has 0 aliphatic rings. The van der Waals surface area contributed by atoms with Crippen LogP contribution >= 0.6 is 45.8 Å². The van der Waals surface area contributed by atoms with Crippen LogP contribution in [0.4, 0.5) is 5.69 Å². The second-order valence-corrected chi connectivity index (χ2v) is 5.62. The number of hydrogen-bond donors (Lipinski definition) is 0. The van der Waals surface area contributed by atoms with E-state index >= 15 is 0 Å². The van der Waals surface area contributed by atoms with Gasteiger partial charge in [0.05, 0.1) is 28.4 Å². The number of aromatic nitrogens is 2. The molecule has 1 heterocycles. The molecule has 0 aliphatic carbocycles. The summed E-state index contributed by atoms with van der Waals surface area (Å²) in [6.07, 6.45) is 1.24. The fourth-order valence-corrected chi connectivity index (χ4v) is 2.40. The molecule has 1 aromatic heterocycles. The van der Waals surface area contributed by atoms with Gasteiger partial charge in [-0.2, -0.15) is 0 Å². The summed E-state index contributed by atoms with van der Waals surface area (Å²) in [6.45, 7) is -0.0466. The summed E-state index contributed by atoms with van der Waals surface area (Å²) in [7, 11) is 0. The summed E-state index contributed by atoms with van der Waals surface area (Å²) in [5, 5.41) is 11.3. The van der Waals surface area contributed by atoms with E-state index in [0.717, 1.165) is 0 Å². The minimum absolute atomic E-state index is 0.0466. The van der Waals surface area contributed by atoms with Gasteiger partial charge in [-0.15, -0.1) is 0 Å². The lowest BCUT2D eigenvalue weighted by Gasteiger charge is -2.08. The van der Waals surface area contributed by atoms with Crippen LogP contribution in [0, 0.1) is 13.7 Å². The van der Waals surface area contributed by atoms with Gasteiger partial charge in [-0.05, 0) is 28.7 Å². The Labute approximate surface area is 136 Å². The van der Waals surface area contributed by atoms with Crippen molar-refractivity contribution in [2.24, 2.45) is 0 Å². The van der Waals surface area contributed by atoms with Gasteiger partial charge < -0.3 is 0 Å². The Balaban J connectivity index is 2.54. The average molecular weight is 426 g/mol. The third kappa shape index (κ3) is 2.94. The summed E-state index contributed by atoms with van der Waals surface area (Å²) in [5.41, 5.74) is -0.268. The molecule has 1 aromatic carbocycles. The first-order valence-electron chi connectivity index (χ1n) is 5.24. The molecule has 0 N–H and O–H groups in total. The maximum Gasteiger partial charge on any atom is 0.275 e. The van der Waals surface area contributed by atoms with Gasteiger partial charge in [0.15, 0.2) is 0 Å². The molecule has 0 spiro atoms. The molecule has 0 atom stereocenters. The van der Waals surface area contributed by atoms with Crippen molar-refractivity contribution in [3.05, 3.63) is 64.3 Å². The van der Waals surface area contributed by atoms with Gasteiger partial charge in [0.1, 0.15) is 8.72 Å². The fraction of sp³-hybridized carbons (Fsp3) is 0.0909. The van der Waals surface area contributed by atoms with Crippen molar-refractivity contribution in [3.63, 3.8) is 0 Å². The Morgan fingerprint density at radius 3 is 2.75 bits per heavy atom. The van der Waals surface area contributed by atoms with Gasteiger partial charge in [-0.1, -0.05) is 29.3 Å². The van der Waals surface area contributed by atoms with E-state index in [0.29, 0.717) is 0 Å². The van der Waals surface area contributed by atoms with Crippen molar-refractivity contribution in [1.29, 1.82) is 0 Å². The smallest absolute Gasteiger partial charge is 0.275 e. The number of nitrogens with zero attached hydrogens (tertiary/aromatic N) is 3. The van der Waals surface area contributed by atoms with E-state index in [1.54, 1.807) is 22.6 Å². The van der Waals surface area contributed by atoms with Crippen LogP contribution < -0.4 is 5.56 Å². The maximum atomic E-state index is 12.0. The van der Waals surface area contributed by atoms with Crippen molar-refractivity contribution in [2.45, 2.75) is 6.54 Å². The SMILES string of the molecule is O=c1c(I)c(Cl)ncn1Cc1c(Cl)cccc1[N+](=O)[O-]. The van der Waals surface area contributed by atoms with E-state index in [9.17, 15) is 14.9 Å². The first-order valence-corrected chi connectivity index (χ1v) is 7.07. The zero-order chi connectivity index (χ0) is 14.9. The van der Waals surface area contributed by atoms with Gasteiger partial charge in [0.25, 0.3) is 11.2 Å². The minimum atomic E-state index is -0.541.